The fourth-order valence-electron chi connectivity index (χ4n) is 3.60. The van der Waals surface area contributed by atoms with Gasteiger partial charge in [0, 0.05) is 12.8 Å². The first-order valence-electron chi connectivity index (χ1n) is 10.4. The summed E-state index contributed by atoms with van der Waals surface area (Å²) in [6.07, 6.45) is -5.22. The van der Waals surface area contributed by atoms with E-state index >= 15 is 0 Å². The van der Waals surface area contributed by atoms with Crippen molar-refractivity contribution < 1.29 is 30.6 Å². The maximum absolute atomic E-state index is 11.4. The Labute approximate surface area is 178 Å². The van der Waals surface area contributed by atoms with Crippen molar-refractivity contribution in [1.82, 2.24) is 0 Å². The molecule has 0 amide bonds. The molecule has 166 valence electrons. The molecule has 0 aliphatic rings. The third kappa shape index (κ3) is 6.11. The van der Waals surface area contributed by atoms with E-state index in [9.17, 15) is 25.5 Å². The molecule has 2 aromatic carbocycles. The van der Waals surface area contributed by atoms with Gasteiger partial charge in [-0.15, -0.1) is 0 Å². The molecule has 0 aromatic heterocycles. The van der Waals surface area contributed by atoms with Gasteiger partial charge in [0.15, 0.2) is 0 Å². The second-order valence-corrected chi connectivity index (χ2v) is 7.97. The lowest BCUT2D eigenvalue weighted by molar-refractivity contribution is -0.172. The zero-order chi connectivity index (χ0) is 22.3. The van der Waals surface area contributed by atoms with E-state index < -0.39 is 36.6 Å². The molecule has 0 heterocycles. The summed E-state index contributed by atoms with van der Waals surface area (Å²) >= 11 is 0. The van der Waals surface area contributed by atoms with Gasteiger partial charge in [0.1, 0.15) is 30.0 Å². The first-order chi connectivity index (χ1) is 14.2. The van der Waals surface area contributed by atoms with E-state index in [1.807, 2.05) is 62.4 Å². The highest BCUT2D eigenvalue weighted by atomic mass is 16.4. The lowest BCUT2D eigenvalue weighted by Crippen LogP contribution is -2.57. The van der Waals surface area contributed by atoms with Gasteiger partial charge in [-0.25, -0.2) is 0 Å². The molecule has 0 saturated heterocycles. The summed E-state index contributed by atoms with van der Waals surface area (Å²) in [5.74, 6) is 0. The van der Waals surface area contributed by atoms with Gasteiger partial charge in [-0.3, -0.25) is 0 Å². The van der Waals surface area contributed by atoms with Crippen molar-refractivity contribution in [3.63, 3.8) is 0 Å². The number of hydrogen-bond acceptors (Lipinski definition) is 6. The third-order valence-electron chi connectivity index (χ3n) is 5.69. The minimum atomic E-state index is -1.85. The van der Waals surface area contributed by atoms with Crippen molar-refractivity contribution in [1.29, 1.82) is 0 Å². The second-order valence-electron chi connectivity index (χ2n) is 7.97. The number of rotatable bonds is 11. The molecule has 0 aliphatic heterocycles. The summed E-state index contributed by atoms with van der Waals surface area (Å²) in [4.78, 5) is 0. The average molecular weight is 419 g/mol. The molecule has 2 aromatic rings. The first kappa shape index (κ1) is 24.5. The minimum Gasteiger partial charge on any atom is -0.394 e. The Hall–Kier alpha value is -1.80. The van der Waals surface area contributed by atoms with Crippen LogP contribution in [0.4, 0.5) is 0 Å². The Morgan fingerprint density at radius 1 is 0.667 bits per heavy atom. The SMILES string of the molecule is CCc1ccc(CC(O)(Cc2ccc(CC)cc2)[C@H](O)[C@@H](O)[C@H](O)[C@H](O)CO)cc1. The number of hydrogen-bond donors (Lipinski definition) is 6. The highest BCUT2D eigenvalue weighted by Crippen LogP contribution is 2.27. The van der Waals surface area contributed by atoms with Crippen LogP contribution in [0.15, 0.2) is 48.5 Å². The van der Waals surface area contributed by atoms with Crippen LogP contribution in [0.3, 0.4) is 0 Å². The molecule has 0 fully saturated rings. The van der Waals surface area contributed by atoms with E-state index in [1.165, 1.54) is 0 Å². The molecule has 0 radical (unpaired) electrons. The van der Waals surface area contributed by atoms with Crippen LogP contribution in [0, 0.1) is 0 Å². The smallest absolute Gasteiger partial charge is 0.112 e. The van der Waals surface area contributed by atoms with Crippen LogP contribution in [-0.4, -0.2) is 67.3 Å². The van der Waals surface area contributed by atoms with Crippen LogP contribution < -0.4 is 0 Å². The van der Waals surface area contributed by atoms with E-state index in [2.05, 4.69) is 0 Å². The summed E-state index contributed by atoms with van der Waals surface area (Å²) < 4.78 is 0. The molecule has 0 unspecified atom stereocenters. The Balaban J connectivity index is 2.33. The topological polar surface area (TPSA) is 121 Å². The molecule has 0 spiro atoms. The zero-order valence-electron chi connectivity index (χ0n) is 17.6. The summed E-state index contributed by atoms with van der Waals surface area (Å²) in [5, 5.41) is 61.4. The Bertz CT molecular complexity index is 709. The summed E-state index contributed by atoms with van der Waals surface area (Å²) in [5.41, 5.74) is 2.00. The van der Waals surface area contributed by atoms with E-state index in [1.54, 1.807) is 0 Å². The minimum absolute atomic E-state index is 0.0344. The molecular weight excluding hydrogens is 384 g/mol. The molecule has 6 nitrogen and oxygen atoms in total. The van der Waals surface area contributed by atoms with Gasteiger partial charge in [-0.2, -0.15) is 0 Å². The monoisotopic (exact) mass is 418 g/mol. The predicted octanol–water partition coefficient (Wildman–Crippen LogP) is 0.764. The lowest BCUT2D eigenvalue weighted by Gasteiger charge is -2.38. The Morgan fingerprint density at radius 3 is 1.37 bits per heavy atom. The van der Waals surface area contributed by atoms with Gasteiger partial charge in [-0.1, -0.05) is 62.4 Å². The number of aryl methyl sites for hydroxylation is 2. The molecular formula is C24H34O6. The third-order valence-corrected chi connectivity index (χ3v) is 5.69. The van der Waals surface area contributed by atoms with Crippen molar-refractivity contribution >= 4 is 0 Å². The van der Waals surface area contributed by atoms with Gasteiger partial charge >= 0.3 is 0 Å². The van der Waals surface area contributed by atoms with Crippen LogP contribution in [0.2, 0.25) is 0 Å². The Morgan fingerprint density at radius 2 is 1.03 bits per heavy atom. The molecule has 4 atom stereocenters. The van der Waals surface area contributed by atoms with Crippen LogP contribution in [0.1, 0.15) is 36.1 Å². The van der Waals surface area contributed by atoms with Crippen molar-refractivity contribution in [2.24, 2.45) is 0 Å². The fourth-order valence-corrected chi connectivity index (χ4v) is 3.60. The van der Waals surface area contributed by atoms with Gasteiger partial charge in [0.05, 0.1) is 6.61 Å². The highest BCUT2D eigenvalue weighted by molar-refractivity contribution is 5.28. The van der Waals surface area contributed by atoms with Crippen molar-refractivity contribution in [2.45, 2.75) is 69.5 Å². The van der Waals surface area contributed by atoms with E-state index in [0.717, 1.165) is 35.1 Å². The molecule has 0 bridgehead atoms. The molecule has 6 N–H and O–H groups in total. The molecule has 2 rings (SSSR count). The molecule has 30 heavy (non-hydrogen) atoms. The normalized spacial score (nSPS) is 16.1. The maximum Gasteiger partial charge on any atom is 0.112 e. The quantitative estimate of drug-likeness (QED) is 0.321. The molecule has 0 saturated carbocycles. The van der Waals surface area contributed by atoms with Crippen LogP contribution in [0.25, 0.3) is 0 Å². The first-order valence-corrected chi connectivity index (χ1v) is 10.4. The predicted molar refractivity (Wildman–Crippen MR) is 115 cm³/mol. The van der Waals surface area contributed by atoms with E-state index in [4.69, 9.17) is 5.11 Å². The van der Waals surface area contributed by atoms with Crippen molar-refractivity contribution in [3.8, 4) is 0 Å². The van der Waals surface area contributed by atoms with Gasteiger partial charge < -0.3 is 30.6 Å². The largest absolute Gasteiger partial charge is 0.394 e. The Kier molecular flexibility index (Phi) is 8.97. The van der Waals surface area contributed by atoms with Crippen molar-refractivity contribution in [3.05, 3.63) is 70.8 Å². The maximum atomic E-state index is 11.4. The van der Waals surface area contributed by atoms with Crippen LogP contribution in [0.5, 0.6) is 0 Å². The average Bonchev–Trinajstić information content (AvgIpc) is 2.77. The lowest BCUT2D eigenvalue weighted by atomic mass is 9.79. The molecule has 0 aliphatic carbocycles. The highest BCUT2D eigenvalue weighted by Gasteiger charge is 2.44. The fraction of sp³-hybridized carbons (Fsp3) is 0.500. The van der Waals surface area contributed by atoms with Crippen LogP contribution >= 0.6 is 0 Å². The summed E-state index contributed by atoms with van der Waals surface area (Å²) in [7, 11) is 0. The van der Waals surface area contributed by atoms with E-state index in [-0.39, 0.29) is 12.8 Å². The van der Waals surface area contributed by atoms with Gasteiger partial charge in [-0.05, 0) is 35.1 Å². The summed E-state index contributed by atoms with van der Waals surface area (Å²) in [6, 6.07) is 15.2. The number of aliphatic hydroxyl groups excluding tert-OH is 5. The van der Waals surface area contributed by atoms with Crippen LogP contribution in [-0.2, 0) is 25.7 Å². The van der Waals surface area contributed by atoms with Gasteiger partial charge in [0.2, 0.25) is 0 Å². The number of aliphatic hydroxyl groups is 6. The standard InChI is InChI=1S/C24H34O6/c1-3-16-5-9-18(10-6-16)13-24(30,14-19-11-7-17(4-2)8-12-19)23(29)22(28)21(27)20(26)15-25/h5-12,20-23,25-30H,3-4,13-15H2,1-2H3/t20-,21-,22+,23-/m1/s1. The van der Waals surface area contributed by atoms with Crippen molar-refractivity contribution in [2.75, 3.05) is 6.61 Å². The summed E-state index contributed by atoms with van der Waals surface area (Å²) in [6.45, 7) is 3.30. The zero-order valence-corrected chi connectivity index (χ0v) is 17.6. The number of benzene rings is 2. The second kappa shape index (κ2) is 11.0. The van der Waals surface area contributed by atoms with E-state index in [0.29, 0.717) is 0 Å². The molecule has 6 heteroatoms. The van der Waals surface area contributed by atoms with Gasteiger partial charge in [0.25, 0.3) is 0 Å².